The molecule has 0 spiro atoms. The van der Waals surface area contributed by atoms with Crippen LogP contribution in [0.1, 0.15) is 10.5 Å². The summed E-state index contributed by atoms with van der Waals surface area (Å²) < 4.78 is 0. The highest BCUT2D eigenvalue weighted by Crippen LogP contribution is 2.27. The van der Waals surface area contributed by atoms with Gasteiger partial charge in [-0.15, -0.1) is 0 Å². The number of hydrogen-bond donors (Lipinski definition) is 2. The van der Waals surface area contributed by atoms with Gasteiger partial charge in [0.2, 0.25) is 0 Å². The van der Waals surface area contributed by atoms with Crippen molar-refractivity contribution in [1.82, 2.24) is 15.1 Å². The number of carbonyl (C=O) groups is 1. The number of nitrogens with zero attached hydrogens (tertiary/aromatic N) is 3. The molecule has 2 heterocycles. The van der Waals surface area contributed by atoms with Crippen molar-refractivity contribution in [2.45, 2.75) is 0 Å². The Bertz CT molecular complexity index is 715. The van der Waals surface area contributed by atoms with Crippen molar-refractivity contribution in [3.8, 4) is 5.75 Å². The zero-order valence-electron chi connectivity index (χ0n) is 11.9. The average molecular weight is 300 g/mol. The molecule has 0 radical (unpaired) electrons. The maximum atomic E-state index is 12.3. The van der Waals surface area contributed by atoms with E-state index >= 15 is 0 Å². The summed E-state index contributed by atoms with van der Waals surface area (Å²) in [5, 5.41) is 15.9. The molecule has 0 atom stereocenters. The number of aromatic amines is 1. The summed E-state index contributed by atoms with van der Waals surface area (Å²) in [5.74, 6) is 0.0396. The van der Waals surface area contributed by atoms with Crippen LogP contribution in [0.3, 0.4) is 0 Å². The van der Waals surface area contributed by atoms with Crippen LogP contribution in [0, 0.1) is 0 Å². The third kappa shape index (κ3) is 2.78. The van der Waals surface area contributed by atoms with Gasteiger partial charge < -0.3 is 14.9 Å². The number of phenols is 1. The number of aromatic nitrogens is 2. The Morgan fingerprint density at radius 3 is 2.45 bits per heavy atom. The maximum absolute atomic E-state index is 12.3. The predicted octanol–water partition coefficient (Wildman–Crippen LogP) is 0.438. The van der Waals surface area contributed by atoms with E-state index in [1.165, 1.54) is 12.1 Å². The number of H-pyrrole nitrogens is 1. The van der Waals surface area contributed by atoms with Gasteiger partial charge in [0.15, 0.2) is 0 Å². The molecule has 1 aliphatic heterocycles. The van der Waals surface area contributed by atoms with E-state index < -0.39 is 0 Å². The molecule has 7 nitrogen and oxygen atoms in total. The average Bonchev–Trinajstić information content (AvgIpc) is 2.56. The van der Waals surface area contributed by atoms with E-state index in [-0.39, 0.29) is 22.9 Å². The number of para-hydroxylation sites is 2. The van der Waals surface area contributed by atoms with Crippen LogP contribution < -0.4 is 10.5 Å². The van der Waals surface area contributed by atoms with E-state index in [9.17, 15) is 14.7 Å². The molecule has 0 unspecified atom stereocenters. The molecule has 0 saturated carbocycles. The van der Waals surface area contributed by atoms with Crippen molar-refractivity contribution in [3.05, 3.63) is 52.4 Å². The molecule has 114 valence electrons. The van der Waals surface area contributed by atoms with Gasteiger partial charge in [-0.2, -0.15) is 5.10 Å². The molecule has 0 aliphatic carbocycles. The van der Waals surface area contributed by atoms with E-state index in [0.717, 1.165) is 5.69 Å². The van der Waals surface area contributed by atoms with Gasteiger partial charge in [-0.25, -0.2) is 5.10 Å². The molecule has 1 saturated heterocycles. The van der Waals surface area contributed by atoms with Gasteiger partial charge in [-0.1, -0.05) is 12.1 Å². The standard InChI is InChI=1S/C15H16N4O3/c20-13-4-2-1-3-12(13)18-7-9-19(10-8-18)15(22)11-5-6-14(21)17-16-11/h1-6,20H,7-10H2,(H,17,21). The normalized spacial score (nSPS) is 14.9. The number of piperazine rings is 1. The number of carbonyl (C=O) groups excluding carboxylic acids is 1. The Morgan fingerprint density at radius 1 is 1.09 bits per heavy atom. The fourth-order valence-electron chi connectivity index (χ4n) is 2.51. The van der Waals surface area contributed by atoms with Gasteiger partial charge >= 0.3 is 0 Å². The van der Waals surface area contributed by atoms with E-state index in [4.69, 9.17) is 0 Å². The largest absolute Gasteiger partial charge is 0.506 e. The summed E-state index contributed by atoms with van der Waals surface area (Å²) in [6, 6.07) is 9.87. The minimum Gasteiger partial charge on any atom is -0.506 e. The van der Waals surface area contributed by atoms with E-state index in [1.807, 2.05) is 17.0 Å². The van der Waals surface area contributed by atoms with Crippen molar-refractivity contribution < 1.29 is 9.90 Å². The SMILES string of the molecule is O=C(c1ccc(=O)[nH]n1)N1CCN(c2ccccc2O)CC1. The minimum atomic E-state index is -0.332. The zero-order chi connectivity index (χ0) is 15.5. The molecule has 1 fully saturated rings. The maximum Gasteiger partial charge on any atom is 0.274 e. The zero-order valence-corrected chi connectivity index (χ0v) is 11.9. The summed E-state index contributed by atoms with van der Waals surface area (Å²) in [6.45, 7) is 2.33. The lowest BCUT2D eigenvalue weighted by molar-refractivity contribution is 0.0739. The molecule has 2 N–H and O–H groups in total. The van der Waals surface area contributed by atoms with E-state index in [1.54, 1.807) is 17.0 Å². The van der Waals surface area contributed by atoms with Crippen molar-refractivity contribution in [2.75, 3.05) is 31.1 Å². The highest BCUT2D eigenvalue weighted by molar-refractivity contribution is 5.92. The van der Waals surface area contributed by atoms with Crippen molar-refractivity contribution in [2.24, 2.45) is 0 Å². The number of rotatable bonds is 2. The van der Waals surface area contributed by atoms with Crippen LogP contribution in [0.15, 0.2) is 41.2 Å². The number of benzene rings is 1. The number of anilines is 1. The molecule has 1 amide bonds. The first-order valence-electron chi connectivity index (χ1n) is 7.03. The molecule has 1 aromatic carbocycles. The molecule has 2 aromatic rings. The summed E-state index contributed by atoms with van der Waals surface area (Å²) >= 11 is 0. The highest BCUT2D eigenvalue weighted by atomic mass is 16.3. The summed E-state index contributed by atoms with van der Waals surface area (Å²) in [4.78, 5) is 27.0. The van der Waals surface area contributed by atoms with Crippen LogP contribution in [0.5, 0.6) is 5.75 Å². The number of amides is 1. The first kappa shape index (κ1) is 14.1. The topological polar surface area (TPSA) is 89.5 Å². The Kier molecular flexibility index (Phi) is 3.78. The van der Waals surface area contributed by atoms with Gasteiger partial charge in [-0.3, -0.25) is 9.59 Å². The Morgan fingerprint density at radius 2 is 1.82 bits per heavy atom. The van der Waals surface area contributed by atoms with Crippen LogP contribution in [-0.4, -0.2) is 52.3 Å². The molecule has 3 rings (SSSR count). The van der Waals surface area contributed by atoms with Gasteiger partial charge in [0.25, 0.3) is 11.5 Å². The Labute approximate surface area is 126 Å². The predicted molar refractivity (Wildman–Crippen MR) is 81.1 cm³/mol. The van der Waals surface area contributed by atoms with Gasteiger partial charge in [0.1, 0.15) is 11.4 Å². The third-order valence-corrected chi connectivity index (χ3v) is 3.69. The Balaban J connectivity index is 1.67. The van der Waals surface area contributed by atoms with Gasteiger partial charge in [-0.05, 0) is 18.2 Å². The highest BCUT2D eigenvalue weighted by Gasteiger charge is 2.24. The minimum absolute atomic E-state index is 0.201. The van der Waals surface area contributed by atoms with Crippen LogP contribution in [0.2, 0.25) is 0 Å². The van der Waals surface area contributed by atoms with E-state index in [0.29, 0.717) is 26.2 Å². The van der Waals surface area contributed by atoms with Crippen LogP contribution in [-0.2, 0) is 0 Å². The number of aromatic hydroxyl groups is 1. The monoisotopic (exact) mass is 300 g/mol. The van der Waals surface area contributed by atoms with Crippen molar-refractivity contribution in [1.29, 1.82) is 0 Å². The fraction of sp³-hybridized carbons (Fsp3) is 0.267. The lowest BCUT2D eigenvalue weighted by Crippen LogP contribution is -2.49. The number of nitrogens with one attached hydrogen (secondary N) is 1. The summed E-state index contributed by atoms with van der Waals surface area (Å²) in [7, 11) is 0. The lowest BCUT2D eigenvalue weighted by Gasteiger charge is -2.36. The molecule has 7 heteroatoms. The van der Waals surface area contributed by atoms with Crippen molar-refractivity contribution in [3.63, 3.8) is 0 Å². The summed E-state index contributed by atoms with van der Waals surface area (Å²) in [6.07, 6.45) is 0. The first-order valence-corrected chi connectivity index (χ1v) is 7.03. The van der Waals surface area contributed by atoms with Crippen LogP contribution in [0.4, 0.5) is 5.69 Å². The second kappa shape index (κ2) is 5.88. The fourth-order valence-corrected chi connectivity index (χ4v) is 2.51. The quantitative estimate of drug-likeness (QED) is 0.840. The number of hydrogen-bond acceptors (Lipinski definition) is 5. The molecule has 22 heavy (non-hydrogen) atoms. The van der Waals surface area contributed by atoms with Gasteiger partial charge in [0.05, 0.1) is 5.69 Å². The Hall–Kier alpha value is -2.83. The summed E-state index contributed by atoms with van der Waals surface area (Å²) in [5.41, 5.74) is 0.674. The second-order valence-corrected chi connectivity index (χ2v) is 5.07. The molecular formula is C15H16N4O3. The molecule has 1 aliphatic rings. The molecular weight excluding hydrogens is 284 g/mol. The number of phenolic OH excluding ortho intramolecular Hbond substituents is 1. The van der Waals surface area contributed by atoms with Crippen molar-refractivity contribution >= 4 is 11.6 Å². The first-order chi connectivity index (χ1) is 10.6. The van der Waals surface area contributed by atoms with Gasteiger partial charge in [0, 0.05) is 32.2 Å². The lowest BCUT2D eigenvalue weighted by atomic mass is 10.2. The smallest absolute Gasteiger partial charge is 0.274 e. The van der Waals surface area contributed by atoms with Crippen LogP contribution in [0.25, 0.3) is 0 Å². The van der Waals surface area contributed by atoms with Crippen LogP contribution >= 0.6 is 0 Å². The molecule has 0 bridgehead atoms. The third-order valence-electron chi connectivity index (χ3n) is 3.69. The van der Waals surface area contributed by atoms with E-state index in [2.05, 4.69) is 10.2 Å². The second-order valence-electron chi connectivity index (χ2n) is 5.07. The molecule has 1 aromatic heterocycles.